The van der Waals surface area contributed by atoms with Crippen molar-refractivity contribution in [1.82, 2.24) is 10.2 Å². The van der Waals surface area contributed by atoms with E-state index >= 15 is 0 Å². The zero-order chi connectivity index (χ0) is 11.5. The van der Waals surface area contributed by atoms with Gasteiger partial charge in [0.1, 0.15) is 0 Å². The normalized spacial score (nSPS) is 13.4. The summed E-state index contributed by atoms with van der Waals surface area (Å²) in [6, 6.07) is 0.526. The zero-order valence-corrected chi connectivity index (χ0v) is 10.9. The average molecular weight is 216 g/mol. The Balaban J connectivity index is 3.26. The molecule has 0 spiro atoms. The molecule has 0 rings (SSSR count). The van der Waals surface area contributed by atoms with Gasteiger partial charge < -0.3 is 15.0 Å². The minimum atomic E-state index is 0.526. The van der Waals surface area contributed by atoms with Crippen LogP contribution in [0.5, 0.6) is 0 Å². The lowest BCUT2D eigenvalue weighted by Crippen LogP contribution is -2.33. The Bertz CT molecular complexity index is 131. The quantitative estimate of drug-likeness (QED) is 0.563. The van der Waals surface area contributed by atoms with Crippen LogP contribution >= 0.6 is 0 Å². The number of hydrogen-bond donors (Lipinski definition) is 1. The van der Waals surface area contributed by atoms with E-state index in [1.165, 1.54) is 25.8 Å². The van der Waals surface area contributed by atoms with Gasteiger partial charge in [-0.1, -0.05) is 6.92 Å². The van der Waals surface area contributed by atoms with Crippen molar-refractivity contribution in [2.75, 3.05) is 40.4 Å². The second-order valence-electron chi connectivity index (χ2n) is 4.24. The van der Waals surface area contributed by atoms with Gasteiger partial charge in [0, 0.05) is 13.2 Å². The summed E-state index contributed by atoms with van der Waals surface area (Å²) in [4.78, 5) is 2.36. The number of nitrogens with zero attached hydrogens (tertiary/aromatic N) is 1. The van der Waals surface area contributed by atoms with Crippen molar-refractivity contribution in [3.05, 3.63) is 0 Å². The maximum atomic E-state index is 5.13. The predicted molar refractivity (Wildman–Crippen MR) is 66.4 cm³/mol. The summed E-state index contributed by atoms with van der Waals surface area (Å²) in [5.41, 5.74) is 0. The van der Waals surface area contributed by atoms with Crippen molar-refractivity contribution in [3.8, 4) is 0 Å². The molecule has 0 saturated carbocycles. The van der Waals surface area contributed by atoms with Crippen LogP contribution in [0, 0.1) is 0 Å². The standard InChI is InChI=1S/C12H28N2O/c1-5-8-13-9-6-7-10-14(3)12(2)11-15-4/h12-13H,5-11H2,1-4H3. The number of rotatable bonds is 10. The van der Waals surface area contributed by atoms with Crippen LogP contribution in [0.25, 0.3) is 0 Å². The predicted octanol–water partition coefficient (Wildman–Crippen LogP) is 1.73. The number of hydrogen-bond acceptors (Lipinski definition) is 3. The Morgan fingerprint density at radius 1 is 1.27 bits per heavy atom. The van der Waals surface area contributed by atoms with Gasteiger partial charge in [0.05, 0.1) is 6.61 Å². The molecule has 0 aliphatic heterocycles. The van der Waals surface area contributed by atoms with E-state index < -0.39 is 0 Å². The smallest absolute Gasteiger partial charge is 0.0615 e. The molecule has 3 heteroatoms. The molecule has 0 aromatic rings. The first kappa shape index (κ1) is 14.9. The molecule has 0 fully saturated rings. The first-order chi connectivity index (χ1) is 7.22. The molecule has 0 amide bonds. The fraction of sp³-hybridized carbons (Fsp3) is 1.00. The van der Waals surface area contributed by atoms with Crippen molar-refractivity contribution in [2.45, 2.75) is 39.2 Å². The molecule has 0 heterocycles. The average Bonchev–Trinajstić information content (AvgIpc) is 2.23. The number of unbranched alkanes of at least 4 members (excludes halogenated alkanes) is 1. The monoisotopic (exact) mass is 216 g/mol. The summed E-state index contributed by atoms with van der Waals surface area (Å²) >= 11 is 0. The van der Waals surface area contributed by atoms with Crippen LogP contribution in [-0.4, -0.2) is 51.3 Å². The molecule has 1 atom stereocenters. The Morgan fingerprint density at radius 3 is 2.60 bits per heavy atom. The van der Waals surface area contributed by atoms with E-state index in [2.05, 4.69) is 31.1 Å². The van der Waals surface area contributed by atoms with Gasteiger partial charge in [0.2, 0.25) is 0 Å². The minimum absolute atomic E-state index is 0.526. The van der Waals surface area contributed by atoms with E-state index in [0.29, 0.717) is 6.04 Å². The van der Waals surface area contributed by atoms with Gasteiger partial charge >= 0.3 is 0 Å². The summed E-state index contributed by atoms with van der Waals surface area (Å²) in [6.07, 6.45) is 3.76. The van der Waals surface area contributed by atoms with Gasteiger partial charge in [-0.2, -0.15) is 0 Å². The highest BCUT2D eigenvalue weighted by Gasteiger charge is 2.07. The molecule has 0 aromatic heterocycles. The van der Waals surface area contributed by atoms with Crippen molar-refractivity contribution in [1.29, 1.82) is 0 Å². The van der Waals surface area contributed by atoms with Gasteiger partial charge in [-0.25, -0.2) is 0 Å². The summed E-state index contributed by atoms with van der Waals surface area (Å²) < 4.78 is 5.13. The van der Waals surface area contributed by atoms with E-state index in [9.17, 15) is 0 Å². The van der Waals surface area contributed by atoms with Gasteiger partial charge in [-0.05, 0) is 52.9 Å². The highest BCUT2D eigenvalue weighted by atomic mass is 16.5. The maximum Gasteiger partial charge on any atom is 0.0615 e. The molecule has 0 bridgehead atoms. The van der Waals surface area contributed by atoms with E-state index in [-0.39, 0.29) is 0 Å². The fourth-order valence-electron chi connectivity index (χ4n) is 1.50. The lowest BCUT2D eigenvalue weighted by molar-refractivity contribution is 0.114. The van der Waals surface area contributed by atoms with Crippen molar-refractivity contribution >= 4 is 0 Å². The summed E-state index contributed by atoms with van der Waals surface area (Å²) in [6.45, 7) is 8.70. The SMILES string of the molecule is CCCNCCCCN(C)C(C)COC. The van der Waals surface area contributed by atoms with Crippen LogP contribution in [0.15, 0.2) is 0 Å². The van der Waals surface area contributed by atoms with E-state index in [4.69, 9.17) is 4.74 Å². The van der Waals surface area contributed by atoms with Crippen LogP contribution in [-0.2, 0) is 4.74 Å². The third kappa shape index (κ3) is 8.85. The number of nitrogens with one attached hydrogen (secondary N) is 1. The fourth-order valence-corrected chi connectivity index (χ4v) is 1.50. The van der Waals surface area contributed by atoms with Gasteiger partial charge in [-0.3, -0.25) is 0 Å². The second kappa shape index (κ2) is 10.4. The summed E-state index contributed by atoms with van der Waals surface area (Å²) in [5, 5.41) is 3.42. The van der Waals surface area contributed by atoms with Crippen LogP contribution in [0.2, 0.25) is 0 Å². The van der Waals surface area contributed by atoms with Gasteiger partial charge in [0.25, 0.3) is 0 Å². The Labute approximate surface area is 95.2 Å². The Hall–Kier alpha value is -0.120. The van der Waals surface area contributed by atoms with Crippen LogP contribution in [0.1, 0.15) is 33.1 Å². The Morgan fingerprint density at radius 2 is 2.00 bits per heavy atom. The lowest BCUT2D eigenvalue weighted by atomic mass is 10.2. The maximum absolute atomic E-state index is 5.13. The van der Waals surface area contributed by atoms with E-state index in [0.717, 1.165) is 19.7 Å². The third-order valence-corrected chi connectivity index (χ3v) is 2.70. The Kier molecular flexibility index (Phi) is 10.3. The largest absolute Gasteiger partial charge is 0.383 e. The third-order valence-electron chi connectivity index (χ3n) is 2.70. The summed E-state index contributed by atoms with van der Waals surface area (Å²) in [5.74, 6) is 0. The topological polar surface area (TPSA) is 24.5 Å². The highest BCUT2D eigenvalue weighted by molar-refractivity contribution is 4.62. The molecule has 1 unspecified atom stereocenters. The van der Waals surface area contributed by atoms with Crippen LogP contribution in [0.4, 0.5) is 0 Å². The molecule has 92 valence electrons. The van der Waals surface area contributed by atoms with Gasteiger partial charge in [-0.15, -0.1) is 0 Å². The molecular formula is C12H28N2O. The number of ether oxygens (including phenoxy) is 1. The molecule has 0 aliphatic carbocycles. The van der Waals surface area contributed by atoms with Crippen molar-refractivity contribution in [3.63, 3.8) is 0 Å². The molecular weight excluding hydrogens is 188 g/mol. The van der Waals surface area contributed by atoms with E-state index in [1.54, 1.807) is 7.11 Å². The molecule has 0 aromatic carbocycles. The first-order valence-electron chi connectivity index (χ1n) is 6.12. The zero-order valence-electron chi connectivity index (χ0n) is 10.9. The summed E-state index contributed by atoms with van der Waals surface area (Å²) in [7, 11) is 3.93. The van der Waals surface area contributed by atoms with Gasteiger partial charge in [0.15, 0.2) is 0 Å². The lowest BCUT2D eigenvalue weighted by Gasteiger charge is -2.23. The molecule has 3 nitrogen and oxygen atoms in total. The van der Waals surface area contributed by atoms with Crippen molar-refractivity contribution < 1.29 is 4.74 Å². The van der Waals surface area contributed by atoms with Crippen LogP contribution < -0.4 is 5.32 Å². The van der Waals surface area contributed by atoms with Crippen LogP contribution in [0.3, 0.4) is 0 Å². The molecule has 0 aliphatic rings. The first-order valence-corrected chi connectivity index (χ1v) is 6.12. The van der Waals surface area contributed by atoms with E-state index in [1.807, 2.05) is 0 Å². The molecule has 1 N–H and O–H groups in total. The van der Waals surface area contributed by atoms with Crippen molar-refractivity contribution in [2.24, 2.45) is 0 Å². The number of methoxy groups -OCH3 is 1. The molecule has 0 radical (unpaired) electrons. The second-order valence-corrected chi connectivity index (χ2v) is 4.24. The molecule has 15 heavy (non-hydrogen) atoms. The highest BCUT2D eigenvalue weighted by Crippen LogP contribution is 1.99. The number of likely N-dealkylation sites (N-methyl/N-ethyl adjacent to an activating group) is 1. The molecule has 0 saturated heterocycles. The minimum Gasteiger partial charge on any atom is -0.383 e.